The second kappa shape index (κ2) is 11.1. The fourth-order valence-corrected chi connectivity index (χ4v) is 5.42. The van der Waals surface area contributed by atoms with E-state index < -0.39 is 22.8 Å². The van der Waals surface area contributed by atoms with Gasteiger partial charge in [0, 0.05) is 4.88 Å². The molecule has 35 heavy (non-hydrogen) atoms. The van der Waals surface area contributed by atoms with Crippen molar-refractivity contribution in [2.75, 3.05) is 4.31 Å². The highest BCUT2D eigenvalue weighted by molar-refractivity contribution is 7.74. The van der Waals surface area contributed by atoms with Gasteiger partial charge in [0.15, 0.2) is 0 Å². The first-order valence-corrected chi connectivity index (χ1v) is 12.6. The molecule has 1 amide bonds. The lowest BCUT2D eigenvalue weighted by Gasteiger charge is -2.21. The summed E-state index contributed by atoms with van der Waals surface area (Å²) in [5.41, 5.74) is 3.91. The maximum atomic E-state index is 12.2. The largest absolute Gasteiger partial charge is 0.508 e. The summed E-state index contributed by atoms with van der Waals surface area (Å²) in [6.45, 7) is -0.0345. The third-order valence-corrected chi connectivity index (χ3v) is 7.41. The molecule has 0 spiro atoms. The van der Waals surface area contributed by atoms with Gasteiger partial charge in [-0.25, -0.2) is 18.6 Å². The molecule has 4 rings (SSSR count). The van der Waals surface area contributed by atoms with E-state index in [0.717, 1.165) is 16.0 Å². The maximum absolute atomic E-state index is 12.2. The number of aromatic hydroxyl groups is 1. The Balaban J connectivity index is 1.61. The lowest BCUT2D eigenvalue weighted by Crippen LogP contribution is -2.28. The third-order valence-electron chi connectivity index (χ3n) is 5.36. The molecule has 0 unspecified atom stereocenters. The van der Waals surface area contributed by atoms with E-state index in [1.807, 2.05) is 36.4 Å². The van der Waals surface area contributed by atoms with Gasteiger partial charge in [0.25, 0.3) is 0 Å². The number of carbonyl (C=O) groups is 1. The number of hydrogen-bond acceptors (Lipinski definition) is 8. The van der Waals surface area contributed by atoms with Gasteiger partial charge < -0.3 is 5.11 Å². The number of thiol groups is 1. The molecule has 0 bridgehead atoms. The zero-order chi connectivity index (χ0) is 24.8. The molecule has 182 valence electrons. The van der Waals surface area contributed by atoms with Crippen LogP contribution in [-0.2, 0) is 28.7 Å². The summed E-state index contributed by atoms with van der Waals surface area (Å²) in [5, 5.41) is 27.2. The Kier molecular flexibility index (Phi) is 7.75. The van der Waals surface area contributed by atoms with Crippen molar-refractivity contribution in [3.05, 3.63) is 84.2 Å². The van der Waals surface area contributed by atoms with Crippen molar-refractivity contribution in [1.82, 2.24) is 20.5 Å². The Morgan fingerprint density at radius 2 is 1.83 bits per heavy atom. The minimum atomic E-state index is -2.98. The second-order valence-electron chi connectivity index (χ2n) is 7.73. The minimum absolute atomic E-state index is 0.0345. The monoisotopic (exact) mass is 513 g/mol. The summed E-state index contributed by atoms with van der Waals surface area (Å²) in [6.07, 6.45) is 1.68. The van der Waals surface area contributed by atoms with Crippen LogP contribution in [0.2, 0.25) is 0 Å². The Morgan fingerprint density at radius 1 is 1.09 bits per heavy atom. The molecule has 2 heterocycles. The molecule has 4 aromatic rings. The van der Waals surface area contributed by atoms with Crippen LogP contribution in [0.5, 0.6) is 5.75 Å². The number of nitrogens with one attached hydrogen (secondary N) is 1. The topological polar surface area (TPSA) is 138 Å². The number of benzene rings is 2. The number of carbonyl (C=O) groups excluding carboxylic acids is 1. The van der Waals surface area contributed by atoms with Gasteiger partial charge in [-0.1, -0.05) is 47.7 Å². The fourth-order valence-electron chi connectivity index (χ4n) is 3.69. The van der Waals surface area contributed by atoms with Crippen molar-refractivity contribution in [1.29, 1.82) is 0 Å². The van der Waals surface area contributed by atoms with Crippen molar-refractivity contribution in [3.63, 3.8) is 0 Å². The summed E-state index contributed by atoms with van der Waals surface area (Å²) in [7, 11) is -2.98. The van der Waals surface area contributed by atoms with Crippen LogP contribution in [-0.4, -0.2) is 39.6 Å². The molecule has 0 aliphatic heterocycles. The van der Waals surface area contributed by atoms with Crippen LogP contribution in [0.3, 0.4) is 0 Å². The van der Waals surface area contributed by atoms with Gasteiger partial charge in [-0.3, -0.25) is 14.3 Å². The van der Waals surface area contributed by atoms with Gasteiger partial charge in [0.05, 0.1) is 30.9 Å². The molecule has 2 aromatic heterocycles. The Hall–Kier alpha value is -3.74. The Labute approximate surface area is 207 Å². The van der Waals surface area contributed by atoms with E-state index in [9.17, 15) is 18.3 Å². The van der Waals surface area contributed by atoms with E-state index >= 15 is 0 Å². The molecule has 3 N–H and O–H groups in total. The lowest BCUT2D eigenvalue weighted by molar-refractivity contribution is -0.130. The quantitative estimate of drug-likeness (QED) is 0.145. The van der Waals surface area contributed by atoms with E-state index in [2.05, 4.69) is 10.3 Å². The summed E-state index contributed by atoms with van der Waals surface area (Å²) in [4.78, 5) is 12.9. The van der Waals surface area contributed by atoms with Crippen LogP contribution in [0.1, 0.15) is 23.7 Å². The van der Waals surface area contributed by atoms with Crippen LogP contribution < -0.4 is 9.79 Å². The van der Waals surface area contributed by atoms with Crippen molar-refractivity contribution < 1.29 is 23.5 Å². The number of hydrogen-bond donors (Lipinski definition) is 4. The highest BCUT2D eigenvalue weighted by Crippen LogP contribution is 2.34. The molecule has 0 aliphatic carbocycles. The van der Waals surface area contributed by atoms with E-state index in [1.54, 1.807) is 23.7 Å². The number of amides is 1. The predicted molar refractivity (Wildman–Crippen MR) is 132 cm³/mol. The average molecular weight is 514 g/mol. The summed E-state index contributed by atoms with van der Waals surface area (Å²) in [6, 6.07) is 19.2. The lowest BCUT2D eigenvalue weighted by atomic mass is 10.0. The Bertz CT molecular complexity index is 1340. The van der Waals surface area contributed by atoms with Gasteiger partial charge in [0.1, 0.15) is 10.8 Å². The highest BCUT2D eigenvalue weighted by Gasteiger charge is 2.23. The molecule has 12 heteroatoms. The smallest absolute Gasteiger partial charge is 0.245 e. The minimum Gasteiger partial charge on any atom is -0.508 e. The van der Waals surface area contributed by atoms with Crippen molar-refractivity contribution >= 4 is 33.1 Å². The molecule has 0 fully saturated rings. The van der Waals surface area contributed by atoms with Crippen molar-refractivity contribution in [3.8, 4) is 16.2 Å². The number of phenols is 1. The first-order chi connectivity index (χ1) is 16.9. The van der Waals surface area contributed by atoms with Crippen molar-refractivity contribution in [2.45, 2.75) is 25.4 Å². The number of aromatic nitrogens is 3. The van der Waals surface area contributed by atoms with Crippen molar-refractivity contribution in [2.24, 2.45) is 0 Å². The molecule has 1 atom stereocenters. The molecule has 10 nitrogen and oxygen atoms in total. The normalized spacial score (nSPS) is 11.9. The number of thiophene rings is 1. The molecular formula is C23H23N5O5S2. The van der Waals surface area contributed by atoms with Crippen LogP contribution in [0, 0.1) is 0 Å². The van der Waals surface area contributed by atoms with E-state index in [0.29, 0.717) is 17.1 Å². The van der Waals surface area contributed by atoms with E-state index in [4.69, 9.17) is 5.21 Å². The molecule has 0 saturated carbocycles. The summed E-state index contributed by atoms with van der Waals surface area (Å²) in [5.74, 6) is -0.506. The van der Waals surface area contributed by atoms with Gasteiger partial charge in [0.2, 0.25) is 16.8 Å². The molecule has 0 saturated heterocycles. The third kappa shape index (κ3) is 6.04. The standard InChI is InChI=1S/C23H23N5O5S2/c29-20-8-6-16(7-9-20)12-18(13-22(30)25-31)28-19(14-24-26-28)15-27(35(32)33)23-11-10-21(34-23)17-4-2-1-3-5-17/h1-11,14,18,29,31,35H,12-13,15H2,(H,25,30)/t18-/m0/s1. The van der Waals surface area contributed by atoms with Gasteiger partial charge in [-0.05, 0) is 41.8 Å². The van der Waals surface area contributed by atoms with Gasteiger partial charge in [-0.2, -0.15) is 0 Å². The fraction of sp³-hybridized carbons (Fsp3) is 0.174. The SMILES string of the molecule is O=C(C[C@H](Cc1ccc(O)cc1)n1nncc1CN(c1ccc(-c2ccccc2)s1)[SH](=O)=O)NO. The first kappa shape index (κ1) is 24.4. The zero-order valence-corrected chi connectivity index (χ0v) is 20.1. The predicted octanol–water partition coefficient (Wildman–Crippen LogP) is 2.92. The van der Waals surface area contributed by atoms with Crippen LogP contribution in [0.15, 0.2) is 72.9 Å². The van der Waals surface area contributed by atoms with Gasteiger partial charge >= 0.3 is 0 Å². The molecule has 0 radical (unpaired) electrons. The molecule has 0 aliphatic rings. The van der Waals surface area contributed by atoms with E-state index in [-0.39, 0.29) is 18.7 Å². The first-order valence-electron chi connectivity index (χ1n) is 10.6. The summed E-state index contributed by atoms with van der Waals surface area (Å²) >= 11 is 1.35. The second-order valence-corrected chi connectivity index (χ2v) is 9.75. The van der Waals surface area contributed by atoms with E-state index in [1.165, 1.54) is 38.7 Å². The number of phenolic OH excluding ortho intramolecular Hbond substituents is 1. The average Bonchev–Trinajstić information content (AvgIpc) is 3.53. The zero-order valence-electron chi connectivity index (χ0n) is 18.4. The van der Waals surface area contributed by atoms with Crippen LogP contribution in [0.4, 0.5) is 5.00 Å². The summed E-state index contributed by atoms with van der Waals surface area (Å²) < 4.78 is 27.1. The number of anilines is 1. The molecular weight excluding hydrogens is 490 g/mol. The van der Waals surface area contributed by atoms with Crippen LogP contribution in [0.25, 0.3) is 10.4 Å². The Morgan fingerprint density at radius 3 is 2.51 bits per heavy atom. The number of rotatable bonds is 10. The number of hydroxylamine groups is 1. The number of nitrogens with zero attached hydrogens (tertiary/aromatic N) is 4. The maximum Gasteiger partial charge on any atom is 0.245 e. The van der Waals surface area contributed by atoms with Crippen LogP contribution >= 0.6 is 11.3 Å². The molecule has 2 aromatic carbocycles. The highest BCUT2D eigenvalue weighted by atomic mass is 32.2. The van der Waals surface area contributed by atoms with Gasteiger partial charge in [-0.15, -0.1) is 16.4 Å².